The van der Waals surface area contributed by atoms with Crippen molar-refractivity contribution in [3.8, 4) is 23.1 Å². The second-order valence-corrected chi connectivity index (χ2v) is 10.6. The number of sulfonamides is 1. The van der Waals surface area contributed by atoms with Crippen LogP contribution in [0.4, 0.5) is 11.4 Å². The van der Waals surface area contributed by atoms with Gasteiger partial charge in [0.05, 0.1) is 48.4 Å². The lowest BCUT2D eigenvalue weighted by molar-refractivity contribution is -0.00619. The Morgan fingerprint density at radius 1 is 1.24 bits per heavy atom. The van der Waals surface area contributed by atoms with Crippen LogP contribution in [0.3, 0.4) is 0 Å². The van der Waals surface area contributed by atoms with Crippen molar-refractivity contribution in [1.82, 2.24) is 9.97 Å². The zero-order valence-electron chi connectivity index (χ0n) is 19.8. The fraction of sp³-hybridized carbons (Fsp3) is 0.375. The van der Waals surface area contributed by atoms with Crippen LogP contribution in [0.2, 0.25) is 0 Å². The molecule has 0 spiro atoms. The van der Waals surface area contributed by atoms with Crippen LogP contribution in [0.5, 0.6) is 5.88 Å². The summed E-state index contributed by atoms with van der Waals surface area (Å²) in [5, 5.41) is 10.7. The fourth-order valence-electron chi connectivity index (χ4n) is 4.21. The number of pyridine rings is 2. The standard InChI is InChI=1S/C24H27N5O4S/c1-15-24(2,3)29(8-9-33-15)22-18(12-25)14-26-20-7-6-16(10-19(20)22)17-11-21(28-34(5,30)31)23(32-4)27-13-17/h6-7,10-11,13-15,28H,8-9H2,1-5H3. The molecule has 1 aromatic carbocycles. The molecular weight excluding hydrogens is 454 g/mol. The Morgan fingerprint density at radius 2 is 2.00 bits per heavy atom. The summed E-state index contributed by atoms with van der Waals surface area (Å²) in [4.78, 5) is 11.0. The molecule has 0 aliphatic carbocycles. The van der Waals surface area contributed by atoms with Crippen LogP contribution < -0.4 is 14.4 Å². The zero-order valence-corrected chi connectivity index (χ0v) is 20.6. The Labute approximate surface area is 199 Å². The summed E-state index contributed by atoms with van der Waals surface area (Å²) in [6.07, 6.45) is 4.27. The van der Waals surface area contributed by atoms with E-state index in [1.807, 2.05) is 25.1 Å². The van der Waals surface area contributed by atoms with Crippen LogP contribution in [-0.2, 0) is 14.8 Å². The Kier molecular flexibility index (Phi) is 6.10. The molecule has 0 radical (unpaired) electrons. The summed E-state index contributed by atoms with van der Waals surface area (Å²) >= 11 is 0. The van der Waals surface area contributed by atoms with E-state index in [0.717, 1.165) is 28.4 Å². The number of methoxy groups -OCH3 is 1. The SMILES string of the molecule is COc1ncc(-c2ccc3ncc(C#N)c(N4CCOC(C)C4(C)C)c3c2)cc1NS(C)(=O)=O. The number of nitrogens with zero attached hydrogens (tertiary/aromatic N) is 4. The average molecular weight is 482 g/mol. The van der Waals surface area contributed by atoms with E-state index in [4.69, 9.17) is 9.47 Å². The molecule has 10 heteroatoms. The number of nitrogens with one attached hydrogen (secondary N) is 1. The predicted molar refractivity (Wildman–Crippen MR) is 132 cm³/mol. The van der Waals surface area contributed by atoms with E-state index >= 15 is 0 Å². The molecule has 1 atom stereocenters. The lowest BCUT2D eigenvalue weighted by Gasteiger charge is -2.48. The molecule has 34 heavy (non-hydrogen) atoms. The number of nitriles is 1. The molecule has 1 unspecified atom stereocenters. The smallest absolute Gasteiger partial charge is 0.238 e. The molecule has 1 aliphatic heterocycles. The molecule has 1 aliphatic rings. The summed E-state index contributed by atoms with van der Waals surface area (Å²) in [6, 6.07) is 9.72. The van der Waals surface area contributed by atoms with Gasteiger partial charge in [0, 0.05) is 29.9 Å². The largest absolute Gasteiger partial charge is 0.480 e. The summed E-state index contributed by atoms with van der Waals surface area (Å²) in [5.41, 5.74) is 3.44. The van der Waals surface area contributed by atoms with Gasteiger partial charge in [0.2, 0.25) is 15.9 Å². The summed E-state index contributed by atoms with van der Waals surface area (Å²) in [5.74, 6) is 0.174. The van der Waals surface area contributed by atoms with Crippen LogP contribution in [0, 0.1) is 11.3 Å². The van der Waals surface area contributed by atoms with Gasteiger partial charge in [0.15, 0.2) is 0 Å². The van der Waals surface area contributed by atoms with E-state index < -0.39 is 10.0 Å². The number of hydrogen-bond acceptors (Lipinski definition) is 8. The third-order valence-corrected chi connectivity index (χ3v) is 6.87. The van der Waals surface area contributed by atoms with Crippen molar-refractivity contribution < 1.29 is 17.9 Å². The van der Waals surface area contributed by atoms with Crippen molar-refractivity contribution in [2.24, 2.45) is 0 Å². The third-order valence-electron chi connectivity index (χ3n) is 6.28. The number of hydrogen-bond donors (Lipinski definition) is 1. The van der Waals surface area contributed by atoms with Gasteiger partial charge in [-0.15, -0.1) is 0 Å². The first-order valence-corrected chi connectivity index (χ1v) is 12.7. The topological polar surface area (TPSA) is 117 Å². The number of fused-ring (bicyclic) bond motifs is 1. The van der Waals surface area contributed by atoms with E-state index in [2.05, 4.69) is 39.5 Å². The molecule has 0 amide bonds. The van der Waals surface area contributed by atoms with Crippen molar-refractivity contribution in [3.63, 3.8) is 0 Å². The van der Waals surface area contributed by atoms with Gasteiger partial charge < -0.3 is 14.4 Å². The minimum atomic E-state index is -3.53. The first-order valence-electron chi connectivity index (χ1n) is 10.8. The monoisotopic (exact) mass is 481 g/mol. The van der Waals surface area contributed by atoms with E-state index in [9.17, 15) is 13.7 Å². The zero-order chi connectivity index (χ0) is 24.7. The predicted octanol–water partition coefficient (Wildman–Crippen LogP) is 3.55. The van der Waals surface area contributed by atoms with Gasteiger partial charge in [-0.1, -0.05) is 6.07 Å². The number of benzene rings is 1. The number of aromatic nitrogens is 2. The van der Waals surface area contributed by atoms with Crippen molar-refractivity contribution in [2.45, 2.75) is 32.4 Å². The summed E-state index contributed by atoms with van der Waals surface area (Å²) in [7, 11) is -2.10. The van der Waals surface area contributed by atoms with Crippen molar-refractivity contribution in [1.29, 1.82) is 5.26 Å². The quantitative estimate of drug-likeness (QED) is 0.588. The number of anilines is 2. The molecule has 9 nitrogen and oxygen atoms in total. The molecule has 2 aromatic heterocycles. The highest BCUT2D eigenvalue weighted by Gasteiger charge is 2.38. The van der Waals surface area contributed by atoms with Gasteiger partial charge in [-0.05, 0) is 44.5 Å². The van der Waals surface area contributed by atoms with E-state index in [1.54, 1.807) is 18.5 Å². The van der Waals surface area contributed by atoms with E-state index in [1.165, 1.54) is 7.11 Å². The van der Waals surface area contributed by atoms with Crippen molar-refractivity contribution in [3.05, 3.63) is 42.2 Å². The second-order valence-electron chi connectivity index (χ2n) is 8.84. The molecule has 0 bridgehead atoms. The molecule has 1 saturated heterocycles. The van der Waals surface area contributed by atoms with Gasteiger partial charge >= 0.3 is 0 Å². The van der Waals surface area contributed by atoms with Gasteiger partial charge in [-0.25, -0.2) is 13.4 Å². The minimum Gasteiger partial charge on any atom is -0.480 e. The van der Waals surface area contributed by atoms with Crippen LogP contribution in [-0.4, -0.2) is 56.5 Å². The van der Waals surface area contributed by atoms with E-state index in [-0.39, 0.29) is 23.2 Å². The van der Waals surface area contributed by atoms with Gasteiger partial charge in [-0.3, -0.25) is 9.71 Å². The maximum Gasteiger partial charge on any atom is 0.238 e. The maximum atomic E-state index is 11.8. The van der Waals surface area contributed by atoms with Crippen molar-refractivity contribution in [2.75, 3.05) is 36.1 Å². The molecular formula is C24H27N5O4S. The fourth-order valence-corrected chi connectivity index (χ4v) is 4.75. The maximum absolute atomic E-state index is 11.8. The van der Waals surface area contributed by atoms with Gasteiger partial charge in [-0.2, -0.15) is 5.26 Å². The molecule has 0 saturated carbocycles. The molecule has 1 N–H and O–H groups in total. The molecule has 178 valence electrons. The first-order chi connectivity index (χ1) is 16.0. The normalized spacial score (nSPS) is 17.9. The highest BCUT2D eigenvalue weighted by Crippen LogP contribution is 2.39. The molecule has 3 aromatic rings. The number of rotatable bonds is 5. The van der Waals surface area contributed by atoms with Gasteiger partial charge in [0.25, 0.3) is 0 Å². The highest BCUT2D eigenvalue weighted by atomic mass is 32.2. The Morgan fingerprint density at radius 3 is 2.68 bits per heavy atom. The molecule has 4 rings (SSSR count). The first kappa shape index (κ1) is 23.7. The van der Waals surface area contributed by atoms with Gasteiger partial charge in [0.1, 0.15) is 11.8 Å². The van der Waals surface area contributed by atoms with Crippen LogP contribution in [0.15, 0.2) is 36.7 Å². The second kappa shape index (κ2) is 8.74. The van der Waals surface area contributed by atoms with Crippen molar-refractivity contribution >= 4 is 32.3 Å². The van der Waals surface area contributed by atoms with Crippen LogP contribution in [0.25, 0.3) is 22.0 Å². The Hall–Kier alpha value is -3.42. The number of morpholine rings is 1. The summed E-state index contributed by atoms with van der Waals surface area (Å²) in [6.45, 7) is 7.44. The lowest BCUT2D eigenvalue weighted by Crippen LogP contribution is -2.58. The Balaban J connectivity index is 1.91. The molecule has 1 fully saturated rings. The number of ether oxygens (including phenoxy) is 2. The third kappa shape index (κ3) is 4.36. The summed E-state index contributed by atoms with van der Waals surface area (Å²) < 4.78 is 37.2. The highest BCUT2D eigenvalue weighted by molar-refractivity contribution is 7.92. The average Bonchev–Trinajstić information content (AvgIpc) is 2.79. The van der Waals surface area contributed by atoms with Crippen LogP contribution >= 0.6 is 0 Å². The minimum absolute atomic E-state index is 0.0328. The molecule has 3 heterocycles. The van der Waals surface area contributed by atoms with E-state index in [0.29, 0.717) is 24.3 Å². The lowest BCUT2D eigenvalue weighted by atomic mass is 9.91. The van der Waals surface area contributed by atoms with Crippen LogP contribution in [0.1, 0.15) is 26.3 Å². The Bertz CT molecular complexity index is 1400.